The molecule has 4 heteroatoms. The molecule has 0 saturated carbocycles. The molecule has 1 aliphatic carbocycles. The minimum atomic E-state index is 0.134. The highest BCUT2D eigenvalue weighted by atomic mass is 16.2. The van der Waals surface area contributed by atoms with E-state index in [1.54, 1.807) is 4.90 Å². The quantitative estimate of drug-likeness (QED) is 0.723. The number of hydrogen-bond acceptors (Lipinski definition) is 3. The fraction of sp³-hybridized carbons (Fsp3) is 0.636. The van der Waals surface area contributed by atoms with Gasteiger partial charge in [0.25, 0.3) is 0 Å². The summed E-state index contributed by atoms with van der Waals surface area (Å²) in [6.45, 7) is 1.26. The van der Waals surface area contributed by atoms with Gasteiger partial charge in [-0.15, -0.1) is 0 Å². The van der Waals surface area contributed by atoms with E-state index in [0.717, 1.165) is 30.5 Å². The Hall–Kier alpha value is -1.34. The molecular formula is C11H15N3O. The third kappa shape index (κ3) is 1.75. The van der Waals surface area contributed by atoms with Crippen molar-refractivity contribution in [2.75, 3.05) is 13.1 Å². The third-order valence-electron chi connectivity index (χ3n) is 3.19. The fourth-order valence-corrected chi connectivity index (χ4v) is 2.35. The van der Waals surface area contributed by atoms with Gasteiger partial charge in [0, 0.05) is 24.2 Å². The van der Waals surface area contributed by atoms with Gasteiger partial charge in [-0.25, -0.2) is 0 Å². The third-order valence-corrected chi connectivity index (χ3v) is 3.19. The first kappa shape index (κ1) is 10.2. The van der Waals surface area contributed by atoms with E-state index in [1.165, 1.54) is 0 Å². The summed E-state index contributed by atoms with van der Waals surface area (Å²) in [5.74, 6) is 0.403. The van der Waals surface area contributed by atoms with Crippen LogP contribution in [0.1, 0.15) is 25.7 Å². The maximum absolute atomic E-state index is 11.7. The van der Waals surface area contributed by atoms with E-state index in [4.69, 9.17) is 11.0 Å². The minimum absolute atomic E-state index is 0.134. The molecule has 1 unspecified atom stereocenters. The summed E-state index contributed by atoms with van der Waals surface area (Å²) < 4.78 is 0. The van der Waals surface area contributed by atoms with Crippen molar-refractivity contribution >= 4 is 5.91 Å². The van der Waals surface area contributed by atoms with E-state index in [0.29, 0.717) is 19.5 Å². The molecule has 0 aromatic heterocycles. The molecule has 0 aromatic rings. The van der Waals surface area contributed by atoms with Crippen molar-refractivity contribution in [2.24, 2.45) is 11.7 Å². The van der Waals surface area contributed by atoms with Crippen LogP contribution in [0.15, 0.2) is 11.3 Å². The molecule has 0 bridgehead atoms. The first-order chi connectivity index (χ1) is 7.26. The summed E-state index contributed by atoms with van der Waals surface area (Å²) in [5.41, 5.74) is 7.31. The summed E-state index contributed by atoms with van der Waals surface area (Å²) in [4.78, 5) is 13.5. The van der Waals surface area contributed by atoms with Gasteiger partial charge in [0.15, 0.2) is 0 Å². The Balaban J connectivity index is 2.18. The van der Waals surface area contributed by atoms with Gasteiger partial charge in [-0.2, -0.15) is 5.26 Å². The van der Waals surface area contributed by atoms with E-state index in [-0.39, 0.29) is 11.8 Å². The van der Waals surface area contributed by atoms with Crippen molar-refractivity contribution < 1.29 is 4.79 Å². The Bertz CT molecular complexity index is 353. The molecule has 2 rings (SSSR count). The summed E-state index contributed by atoms with van der Waals surface area (Å²) >= 11 is 0. The molecule has 4 nitrogen and oxygen atoms in total. The summed E-state index contributed by atoms with van der Waals surface area (Å²) in [5, 5.41) is 8.94. The zero-order valence-corrected chi connectivity index (χ0v) is 8.70. The highest BCUT2D eigenvalue weighted by Gasteiger charge is 2.33. The van der Waals surface area contributed by atoms with Gasteiger partial charge in [-0.3, -0.25) is 4.79 Å². The molecule has 1 heterocycles. The van der Waals surface area contributed by atoms with Gasteiger partial charge in [0.1, 0.15) is 0 Å². The zero-order chi connectivity index (χ0) is 10.8. The van der Waals surface area contributed by atoms with Crippen LogP contribution in [0.25, 0.3) is 0 Å². The number of nitrogens with two attached hydrogens (primary N) is 1. The number of rotatable bonds is 2. The molecule has 0 radical (unpaired) electrons. The second-order valence-corrected chi connectivity index (χ2v) is 4.20. The van der Waals surface area contributed by atoms with Crippen molar-refractivity contribution in [3.63, 3.8) is 0 Å². The number of hydrogen-bond donors (Lipinski definition) is 1. The predicted molar refractivity (Wildman–Crippen MR) is 55.4 cm³/mol. The molecule has 2 aliphatic rings. The first-order valence-corrected chi connectivity index (χ1v) is 5.38. The van der Waals surface area contributed by atoms with E-state index in [1.807, 2.05) is 0 Å². The standard InChI is InChI=1S/C11H15N3O/c12-5-8-4-11(15)14(7-8)10-3-1-2-9(10)6-13/h8H,1-5,7,12H2. The second-order valence-electron chi connectivity index (χ2n) is 4.20. The average Bonchev–Trinajstić information content (AvgIpc) is 2.82. The van der Waals surface area contributed by atoms with Gasteiger partial charge in [-0.1, -0.05) is 0 Å². The highest BCUT2D eigenvalue weighted by Crippen LogP contribution is 2.32. The van der Waals surface area contributed by atoms with Crippen LogP contribution in [-0.4, -0.2) is 23.9 Å². The molecule has 1 aliphatic heterocycles. The maximum Gasteiger partial charge on any atom is 0.227 e. The van der Waals surface area contributed by atoms with Gasteiger partial charge >= 0.3 is 0 Å². The van der Waals surface area contributed by atoms with Gasteiger partial charge in [0.05, 0.1) is 6.07 Å². The molecule has 1 saturated heterocycles. The smallest absolute Gasteiger partial charge is 0.227 e. The number of carbonyl (C=O) groups excluding carboxylic acids is 1. The second kappa shape index (κ2) is 4.03. The molecule has 0 aromatic carbocycles. The van der Waals surface area contributed by atoms with Crippen LogP contribution in [0.4, 0.5) is 0 Å². The monoisotopic (exact) mass is 205 g/mol. The normalized spacial score (nSPS) is 26.3. The number of nitriles is 1. The van der Waals surface area contributed by atoms with Crippen LogP contribution in [0.2, 0.25) is 0 Å². The van der Waals surface area contributed by atoms with E-state index < -0.39 is 0 Å². The lowest BCUT2D eigenvalue weighted by atomic mass is 10.1. The predicted octanol–water partition coefficient (Wildman–Crippen LogP) is 0.755. The SMILES string of the molecule is N#CC1=C(N2CC(CN)CC2=O)CCC1. The molecule has 1 fully saturated rings. The topological polar surface area (TPSA) is 70.1 Å². The van der Waals surface area contributed by atoms with Crippen molar-refractivity contribution in [3.8, 4) is 6.07 Å². The van der Waals surface area contributed by atoms with Crippen molar-refractivity contribution in [1.29, 1.82) is 5.26 Å². The maximum atomic E-state index is 11.7. The summed E-state index contributed by atoms with van der Waals surface area (Å²) in [6.07, 6.45) is 3.23. The average molecular weight is 205 g/mol. The molecule has 15 heavy (non-hydrogen) atoms. The van der Waals surface area contributed by atoms with Gasteiger partial charge in [-0.05, 0) is 31.7 Å². The Kier molecular flexibility index (Phi) is 2.74. The zero-order valence-electron chi connectivity index (χ0n) is 8.70. The Labute approximate surface area is 89.3 Å². The number of nitrogens with zero attached hydrogens (tertiary/aromatic N) is 2. The van der Waals surface area contributed by atoms with Crippen molar-refractivity contribution in [3.05, 3.63) is 11.3 Å². The van der Waals surface area contributed by atoms with Crippen LogP contribution in [-0.2, 0) is 4.79 Å². The number of carbonyl (C=O) groups is 1. The van der Waals surface area contributed by atoms with E-state index in [2.05, 4.69) is 6.07 Å². The van der Waals surface area contributed by atoms with Crippen LogP contribution >= 0.6 is 0 Å². The van der Waals surface area contributed by atoms with E-state index in [9.17, 15) is 4.79 Å². The summed E-state index contributed by atoms with van der Waals surface area (Å²) in [6, 6.07) is 2.20. The fourth-order valence-electron chi connectivity index (χ4n) is 2.35. The Morgan fingerprint density at radius 1 is 1.53 bits per heavy atom. The van der Waals surface area contributed by atoms with E-state index >= 15 is 0 Å². The molecule has 80 valence electrons. The molecule has 1 amide bonds. The van der Waals surface area contributed by atoms with Crippen LogP contribution in [0, 0.1) is 17.2 Å². The van der Waals surface area contributed by atoms with Crippen molar-refractivity contribution in [2.45, 2.75) is 25.7 Å². The van der Waals surface area contributed by atoms with Gasteiger partial charge < -0.3 is 10.6 Å². The lowest BCUT2D eigenvalue weighted by molar-refractivity contribution is -0.126. The van der Waals surface area contributed by atoms with Gasteiger partial charge in [0.2, 0.25) is 5.91 Å². The van der Waals surface area contributed by atoms with Crippen LogP contribution < -0.4 is 5.73 Å². The summed E-state index contributed by atoms with van der Waals surface area (Å²) in [7, 11) is 0. The molecule has 1 atom stereocenters. The van der Waals surface area contributed by atoms with Crippen molar-refractivity contribution in [1.82, 2.24) is 4.90 Å². The lowest BCUT2D eigenvalue weighted by Gasteiger charge is -2.18. The number of allylic oxidation sites excluding steroid dienone is 2. The van der Waals surface area contributed by atoms with Crippen LogP contribution in [0.3, 0.4) is 0 Å². The minimum Gasteiger partial charge on any atom is -0.330 e. The lowest BCUT2D eigenvalue weighted by Crippen LogP contribution is -2.25. The molecule has 0 spiro atoms. The number of likely N-dealkylation sites (tertiary alicyclic amines) is 1. The largest absolute Gasteiger partial charge is 0.330 e. The first-order valence-electron chi connectivity index (χ1n) is 5.38. The highest BCUT2D eigenvalue weighted by molar-refractivity contribution is 5.81. The molecule has 2 N–H and O–H groups in total. The Morgan fingerprint density at radius 3 is 2.93 bits per heavy atom. The Morgan fingerprint density at radius 2 is 2.33 bits per heavy atom. The van der Waals surface area contributed by atoms with Crippen LogP contribution in [0.5, 0.6) is 0 Å². The number of amides is 1. The molecular weight excluding hydrogens is 190 g/mol.